The number of anilines is 2. The topological polar surface area (TPSA) is 43.0 Å². The highest BCUT2D eigenvalue weighted by Gasteiger charge is 2.52. The van der Waals surface area contributed by atoms with Crippen molar-refractivity contribution in [1.29, 1.82) is 0 Å². The number of nitrogens with one attached hydrogen (secondary N) is 1. The number of methoxy groups -OCH3 is 1. The van der Waals surface area contributed by atoms with E-state index >= 15 is 0 Å². The van der Waals surface area contributed by atoms with Crippen LogP contribution in [-0.4, -0.2) is 58.1 Å². The minimum atomic E-state index is 0.393. The maximum absolute atomic E-state index is 5.78. The molecule has 1 N–H and O–H groups in total. The average Bonchev–Trinajstić information content (AvgIpc) is 2.85. The molecular formula is C28H38N2O3. The largest absolute Gasteiger partial charge is 0.491 e. The summed E-state index contributed by atoms with van der Waals surface area (Å²) in [6, 6.07) is 16.1. The van der Waals surface area contributed by atoms with Gasteiger partial charge in [0.05, 0.1) is 19.8 Å². The number of rotatable bonds is 9. The first-order chi connectivity index (χ1) is 16.2. The molecule has 0 radical (unpaired) electrons. The van der Waals surface area contributed by atoms with E-state index in [0.717, 1.165) is 23.4 Å². The summed E-state index contributed by atoms with van der Waals surface area (Å²) in [7, 11) is 4.02. The number of nitrogens with zero attached hydrogens (tertiary/aromatic N) is 1. The lowest BCUT2D eigenvalue weighted by Gasteiger charge is -2.58. The minimum Gasteiger partial charge on any atom is -0.491 e. The van der Waals surface area contributed by atoms with Gasteiger partial charge < -0.3 is 24.4 Å². The second-order valence-corrected chi connectivity index (χ2v) is 9.99. The lowest BCUT2D eigenvalue weighted by atomic mass is 9.52. The van der Waals surface area contributed by atoms with Gasteiger partial charge in [-0.15, -0.1) is 0 Å². The maximum atomic E-state index is 5.78. The number of ether oxygens (including phenoxy) is 3. The van der Waals surface area contributed by atoms with E-state index in [2.05, 4.69) is 47.6 Å². The van der Waals surface area contributed by atoms with Gasteiger partial charge in [0.25, 0.3) is 0 Å². The molecule has 2 aromatic carbocycles. The van der Waals surface area contributed by atoms with Crippen molar-refractivity contribution in [2.24, 2.45) is 5.92 Å². The third kappa shape index (κ3) is 4.64. The van der Waals surface area contributed by atoms with Crippen molar-refractivity contribution in [2.45, 2.75) is 50.0 Å². The fraction of sp³-hybridized carbons (Fsp3) is 0.571. The van der Waals surface area contributed by atoms with Crippen molar-refractivity contribution < 1.29 is 14.2 Å². The zero-order chi connectivity index (χ0) is 22.7. The van der Waals surface area contributed by atoms with Crippen LogP contribution in [0, 0.1) is 5.92 Å². The third-order valence-electron chi connectivity index (χ3n) is 8.19. The molecule has 33 heavy (non-hydrogen) atoms. The zero-order valence-corrected chi connectivity index (χ0v) is 20.1. The molecule has 3 aliphatic rings. The molecule has 1 saturated carbocycles. The van der Waals surface area contributed by atoms with E-state index in [1.807, 2.05) is 12.1 Å². The van der Waals surface area contributed by atoms with E-state index in [9.17, 15) is 0 Å². The molecule has 1 saturated heterocycles. The highest BCUT2D eigenvalue weighted by molar-refractivity contribution is 5.63. The number of benzene rings is 2. The first-order valence-electron chi connectivity index (χ1n) is 12.6. The predicted octanol–water partition coefficient (Wildman–Crippen LogP) is 5.16. The van der Waals surface area contributed by atoms with Crippen LogP contribution < -0.4 is 10.1 Å². The molecule has 0 unspecified atom stereocenters. The Morgan fingerprint density at radius 2 is 1.79 bits per heavy atom. The molecule has 2 aliphatic carbocycles. The summed E-state index contributed by atoms with van der Waals surface area (Å²) in [5.74, 6) is 1.69. The molecule has 1 aliphatic heterocycles. The number of fused-ring (bicyclic) bond motifs is 1. The van der Waals surface area contributed by atoms with Gasteiger partial charge in [0.2, 0.25) is 0 Å². The van der Waals surface area contributed by atoms with Crippen molar-refractivity contribution in [1.82, 2.24) is 4.90 Å². The fourth-order valence-corrected chi connectivity index (χ4v) is 6.54. The highest BCUT2D eigenvalue weighted by Crippen LogP contribution is 2.55. The summed E-state index contributed by atoms with van der Waals surface area (Å²) >= 11 is 0. The zero-order valence-electron chi connectivity index (χ0n) is 20.1. The van der Waals surface area contributed by atoms with E-state index in [1.54, 1.807) is 18.2 Å². The van der Waals surface area contributed by atoms with Crippen molar-refractivity contribution >= 4 is 11.4 Å². The van der Waals surface area contributed by atoms with Crippen molar-refractivity contribution in [3.05, 3.63) is 53.6 Å². The molecule has 0 spiro atoms. The molecule has 0 amide bonds. The SMILES string of the molecule is COCCOCCOc1ccc(Nc2ccc3c(c2)[C@@]24CCCC[C@H]2[C@@H](C3)N(C)CC4)cc1. The molecule has 0 aromatic heterocycles. The van der Waals surface area contributed by atoms with Crippen LogP contribution in [0.25, 0.3) is 0 Å². The number of likely N-dealkylation sites (tertiary alicyclic amines) is 1. The number of hydrogen-bond donors (Lipinski definition) is 1. The summed E-state index contributed by atoms with van der Waals surface area (Å²) in [6.07, 6.45) is 8.05. The van der Waals surface area contributed by atoms with Gasteiger partial charge in [-0.2, -0.15) is 0 Å². The molecule has 178 valence electrons. The Labute approximate surface area is 198 Å². The van der Waals surface area contributed by atoms with Crippen LogP contribution in [0.15, 0.2) is 42.5 Å². The fourth-order valence-electron chi connectivity index (χ4n) is 6.54. The molecule has 2 bridgehead atoms. The second kappa shape index (κ2) is 10.0. The monoisotopic (exact) mass is 450 g/mol. The van der Waals surface area contributed by atoms with Crippen molar-refractivity contribution in [3.8, 4) is 5.75 Å². The highest BCUT2D eigenvalue weighted by atomic mass is 16.5. The second-order valence-electron chi connectivity index (χ2n) is 9.99. The number of likely N-dealkylation sites (N-methyl/N-ethyl adjacent to an activating group) is 1. The number of piperidine rings is 1. The Kier molecular flexibility index (Phi) is 6.91. The molecule has 5 rings (SSSR count). The molecule has 1 heterocycles. The molecule has 2 fully saturated rings. The number of hydrogen-bond acceptors (Lipinski definition) is 5. The summed E-state index contributed by atoms with van der Waals surface area (Å²) in [6.45, 7) is 3.56. The van der Waals surface area contributed by atoms with E-state index in [4.69, 9.17) is 14.2 Å². The molecule has 3 atom stereocenters. The minimum absolute atomic E-state index is 0.393. The Bertz CT molecular complexity index is 931. The van der Waals surface area contributed by atoms with Gasteiger partial charge in [-0.05, 0) is 92.7 Å². The first-order valence-corrected chi connectivity index (χ1v) is 12.6. The molecule has 5 nitrogen and oxygen atoms in total. The van der Waals surface area contributed by atoms with Gasteiger partial charge in [0, 0.05) is 29.9 Å². The molecular weight excluding hydrogens is 412 g/mol. The maximum Gasteiger partial charge on any atom is 0.119 e. The van der Waals surface area contributed by atoms with Crippen LogP contribution >= 0.6 is 0 Å². The lowest BCUT2D eigenvalue weighted by Crippen LogP contribution is -2.59. The summed E-state index contributed by atoms with van der Waals surface area (Å²) in [4.78, 5) is 2.64. The van der Waals surface area contributed by atoms with Crippen molar-refractivity contribution in [2.75, 3.05) is 52.4 Å². The smallest absolute Gasteiger partial charge is 0.119 e. The summed E-state index contributed by atoms with van der Waals surface area (Å²) < 4.78 is 16.2. The van der Waals surface area contributed by atoms with Crippen LogP contribution in [0.5, 0.6) is 5.75 Å². The van der Waals surface area contributed by atoms with Crippen LogP contribution in [0.3, 0.4) is 0 Å². The quantitative estimate of drug-likeness (QED) is 0.535. The molecule has 2 aromatic rings. The van der Waals surface area contributed by atoms with Crippen LogP contribution in [0.2, 0.25) is 0 Å². The summed E-state index contributed by atoms with van der Waals surface area (Å²) in [5, 5.41) is 3.64. The predicted molar refractivity (Wildman–Crippen MR) is 133 cm³/mol. The summed E-state index contributed by atoms with van der Waals surface area (Å²) in [5.41, 5.74) is 5.89. The van der Waals surface area contributed by atoms with E-state index < -0.39 is 0 Å². The van der Waals surface area contributed by atoms with E-state index in [0.29, 0.717) is 31.8 Å². The van der Waals surface area contributed by atoms with Gasteiger partial charge in [0.1, 0.15) is 12.4 Å². The van der Waals surface area contributed by atoms with Gasteiger partial charge in [-0.25, -0.2) is 0 Å². The van der Waals surface area contributed by atoms with Crippen LogP contribution in [-0.2, 0) is 21.3 Å². The first kappa shape index (κ1) is 22.7. The van der Waals surface area contributed by atoms with Gasteiger partial charge in [-0.1, -0.05) is 18.9 Å². The van der Waals surface area contributed by atoms with Gasteiger partial charge in [0.15, 0.2) is 0 Å². The third-order valence-corrected chi connectivity index (χ3v) is 8.19. The average molecular weight is 451 g/mol. The van der Waals surface area contributed by atoms with Crippen LogP contribution in [0.4, 0.5) is 11.4 Å². The Morgan fingerprint density at radius 1 is 0.970 bits per heavy atom. The standard InChI is InChI=1S/C28H38N2O3/c1-30-14-13-28-12-4-3-5-25(28)27(30)19-21-6-7-23(20-26(21)28)29-22-8-10-24(11-9-22)33-18-17-32-16-15-31-2/h6-11,20,25,27,29H,3-5,12-19H2,1-2H3/t25-,27+,28+/m0/s1. The van der Waals surface area contributed by atoms with Gasteiger partial charge >= 0.3 is 0 Å². The van der Waals surface area contributed by atoms with Crippen LogP contribution in [0.1, 0.15) is 43.2 Å². The normalized spacial score (nSPS) is 26.4. The lowest BCUT2D eigenvalue weighted by molar-refractivity contribution is 0.00290. The Hall–Kier alpha value is -2.08. The van der Waals surface area contributed by atoms with E-state index in [1.165, 1.54) is 50.8 Å². The van der Waals surface area contributed by atoms with E-state index in [-0.39, 0.29) is 0 Å². The Balaban J connectivity index is 1.26. The van der Waals surface area contributed by atoms with Gasteiger partial charge in [-0.3, -0.25) is 0 Å². The Morgan fingerprint density at radius 3 is 2.64 bits per heavy atom. The van der Waals surface area contributed by atoms with Crippen molar-refractivity contribution in [3.63, 3.8) is 0 Å². The molecule has 5 heteroatoms.